The third kappa shape index (κ3) is 15.6. The lowest BCUT2D eigenvalue weighted by atomic mass is 10.1. The van der Waals surface area contributed by atoms with Crippen molar-refractivity contribution in [3.63, 3.8) is 0 Å². The van der Waals surface area contributed by atoms with Crippen LogP contribution in [0.4, 0.5) is 0 Å². The van der Waals surface area contributed by atoms with E-state index in [-0.39, 0.29) is 6.61 Å². The van der Waals surface area contributed by atoms with Crippen LogP contribution < -0.4 is 0 Å². The van der Waals surface area contributed by atoms with Gasteiger partial charge in [-0.25, -0.2) is 4.18 Å². The molecule has 0 radical (unpaired) electrons. The molecular weight excluding hydrogens is 240 g/mol. The highest BCUT2D eigenvalue weighted by Gasteiger charge is 2.02. The summed E-state index contributed by atoms with van der Waals surface area (Å²) in [5.41, 5.74) is 0. The summed E-state index contributed by atoms with van der Waals surface area (Å²) >= 11 is 0. The SMILES string of the molecule is CCC=CCCCCCCCCOS(=O)(=O)O. The second-order valence-electron chi connectivity index (χ2n) is 4.04. The number of rotatable bonds is 11. The molecule has 0 aromatic heterocycles. The molecule has 0 saturated heterocycles. The molecule has 102 valence electrons. The largest absolute Gasteiger partial charge is 0.397 e. The van der Waals surface area contributed by atoms with E-state index in [0.717, 1.165) is 25.7 Å². The number of hydrogen-bond acceptors (Lipinski definition) is 3. The highest BCUT2D eigenvalue weighted by atomic mass is 32.3. The summed E-state index contributed by atoms with van der Waals surface area (Å²) < 4.78 is 33.0. The summed E-state index contributed by atoms with van der Waals surface area (Å²) in [4.78, 5) is 0. The fraction of sp³-hybridized carbons (Fsp3) is 0.833. The minimum Gasteiger partial charge on any atom is -0.264 e. The molecule has 0 aromatic rings. The van der Waals surface area contributed by atoms with Crippen molar-refractivity contribution < 1.29 is 17.2 Å². The predicted octanol–water partition coefficient (Wildman–Crippen LogP) is 3.50. The summed E-state index contributed by atoms with van der Waals surface area (Å²) in [6, 6.07) is 0. The number of hydrogen-bond donors (Lipinski definition) is 1. The average molecular weight is 264 g/mol. The molecule has 0 atom stereocenters. The molecule has 0 aliphatic carbocycles. The van der Waals surface area contributed by atoms with Crippen LogP contribution in [0.25, 0.3) is 0 Å². The van der Waals surface area contributed by atoms with Crippen molar-refractivity contribution in [3.8, 4) is 0 Å². The highest BCUT2D eigenvalue weighted by molar-refractivity contribution is 7.80. The Labute approximate surface area is 105 Å². The van der Waals surface area contributed by atoms with E-state index >= 15 is 0 Å². The summed E-state index contributed by atoms with van der Waals surface area (Å²) in [5, 5.41) is 0. The van der Waals surface area contributed by atoms with Gasteiger partial charge in [0.2, 0.25) is 0 Å². The molecule has 0 saturated carbocycles. The third-order valence-corrected chi connectivity index (χ3v) is 2.86. The van der Waals surface area contributed by atoms with Crippen molar-refractivity contribution in [2.45, 2.75) is 58.3 Å². The van der Waals surface area contributed by atoms with Crippen molar-refractivity contribution in [2.75, 3.05) is 6.61 Å². The molecular formula is C12H24O4S. The molecule has 0 amide bonds. The Morgan fingerprint density at radius 1 is 1.00 bits per heavy atom. The molecule has 0 aliphatic rings. The lowest BCUT2D eigenvalue weighted by Crippen LogP contribution is -2.04. The fourth-order valence-electron chi connectivity index (χ4n) is 1.52. The van der Waals surface area contributed by atoms with E-state index in [4.69, 9.17) is 4.55 Å². The molecule has 17 heavy (non-hydrogen) atoms. The first kappa shape index (κ1) is 16.6. The zero-order valence-corrected chi connectivity index (χ0v) is 11.4. The van der Waals surface area contributed by atoms with Crippen LogP contribution in [0.1, 0.15) is 58.3 Å². The number of allylic oxidation sites excluding steroid dienone is 2. The summed E-state index contributed by atoms with van der Waals surface area (Å²) in [5.74, 6) is 0. The van der Waals surface area contributed by atoms with Gasteiger partial charge in [-0.2, -0.15) is 8.42 Å². The Bertz CT molecular complexity index is 283. The first-order valence-electron chi connectivity index (χ1n) is 6.33. The van der Waals surface area contributed by atoms with Crippen LogP contribution in [0.5, 0.6) is 0 Å². The monoisotopic (exact) mass is 264 g/mol. The second kappa shape index (κ2) is 10.7. The maximum Gasteiger partial charge on any atom is 0.397 e. The van der Waals surface area contributed by atoms with Gasteiger partial charge in [0.25, 0.3) is 0 Å². The van der Waals surface area contributed by atoms with Crippen LogP contribution in [0.3, 0.4) is 0 Å². The Morgan fingerprint density at radius 2 is 1.59 bits per heavy atom. The smallest absolute Gasteiger partial charge is 0.264 e. The minimum atomic E-state index is -4.24. The molecule has 5 heteroatoms. The van der Waals surface area contributed by atoms with E-state index in [2.05, 4.69) is 23.3 Å². The van der Waals surface area contributed by atoms with Crippen molar-refractivity contribution in [1.82, 2.24) is 0 Å². The van der Waals surface area contributed by atoms with Crippen molar-refractivity contribution in [1.29, 1.82) is 0 Å². The van der Waals surface area contributed by atoms with E-state index in [9.17, 15) is 8.42 Å². The molecule has 4 nitrogen and oxygen atoms in total. The maximum atomic E-state index is 10.2. The summed E-state index contributed by atoms with van der Waals surface area (Å²) in [6.07, 6.45) is 13.0. The van der Waals surface area contributed by atoms with Gasteiger partial charge < -0.3 is 0 Å². The zero-order chi connectivity index (χ0) is 13.0. The predicted molar refractivity (Wildman–Crippen MR) is 69.3 cm³/mol. The average Bonchev–Trinajstić information content (AvgIpc) is 2.24. The van der Waals surface area contributed by atoms with Crippen molar-refractivity contribution >= 4 is 10.4 Å². The molecule has 0 unspecified atom stereocenters. The quantitative estimate of drug-likeness (QED) is 0.352. The van der Waals surface area contributed by atoms with Gasteiger partial charge in [0.15, 0.2) is 0 Å². The Morgan fingerprint density at radius 3 is 2.18 bits per heavy atom. The van der Waals surface area contributed by atoms with E-state index in [1.54, 1.807) is 0 Å². The summed E-state index contributed by atoms with van der Waals surface area (Å²) in [7, 11) is -4.24. The first-order chi connectivity index (χ1) is 8.06. The normalized spacial score (nSPS) is 12.4. The van der Waals surface area contributed by atoms with Crippen LogP contribution in [-0.4, -0.2) is 19.6 Å². The molecule has 0 heterocycles. The molecule has 0 spiro atoms. The topological polar surface area (TPSA) is 63.6 Å². The Hall–Kier alpha value is -0.390. The lowest BCUT2D eigenvalue weighted by Gasteiger charge is -2.01. The standard InChI is InChI=1S/C12H24O4S/c1-2-3-4-5-6-7-8-9-10-11-12-16-17(13,14)15/h3-4H,2,5-12H2,1H3,(H,13,14,15). The van der Waals surface area contributed by atoms with Gasteiger partial charge in [-0.05, 0) is 25.7 Å². The van der Waals surface area contributed by atoms with Crippen molar-refractivity contribution in [3.05, 3.63) is 12.2 Å². The van der Waals surface area contributed by atoms with Crippen LogP contribution >= 0.6 is 0 Å². The van der Waals surface area contributed by atoms with Gasteiger partial charge >= 0.3 is 10.4 Å². The van der Waals surface area contributed by atoms with Crippen LogP contribution in [-0.2, 0) is 14.6 Å². The molecule has 0 aliphatic heterocycles. The second-order valence-corrected chi connectivity index (χ2v) is 5.13. The highest BCUT2D eigenvalue weighted by Crippen LogP contribution is 2.08. The van der Waals surface area contributed by atoms with Crippen LogP contribution in [0.2, 0.25) is 0 Å². The van der Waals surface area contributed by atoms with Gasteiger partial charge in [-0.15, -0.1) is 0 Å². The zero-order valence-electron chi connectivity index (χ0n) is 10.6. The van der Waals surface area contributed by atoms with E-state index < -0.39 is 10.4 Å². The molecule has 0 fully saturated rings. The van der Waals surface area contributed by atoms with E-state index in [1.165, 1.54) is 19.3 Å². The lowest BCUT2D eigenvalue weighted by molar-refractivity contribution is 0.261. The Balaban J connectivity index is 3.11. The van der Waals surface area contributed by atoms with Gasteiger partial charge in [0, 0.05) is 0 Å². The molecule has 1 N–H and O–H groups in total. The van der Waals surface area contributed by atoms with Crippen LogP contribution in [0.15, 0.2) is 12.2 Å². The van der Waals surface area contributed by atoms with Gasteiger partial charge in [0.1, 0.15) is 0 Å². The van der Waals surface area contributed by atoms with Gasteiger partial charge in [0.05, 0.1) is 6.61 Å². The Kier molecular flexibility index (Phi) is 10.5. The van der Waals surface area contributed by atoms with E-state index in [1.807, 2.05) is 0 Å². The molecule has 0 aromatic carbocycles. The molecule has 0 bridgehead atoms. The minimum absolute atomic E-state index is 0.0814. The number of unbranched alkanes of at least 4 members (excludes halogenated alkanes) is 6. The van der Waals surface area contributed by atoms with Crippen molar-refractivity contribution in [2.24, 2.45) is 0 Å². The van der Waals surface area contributed by atoms with Gasteiger partial charge in [-0.1, -0.05) is 44.8 Å². The third-order valence-electron chi connectivity index (χ3n) is 2.40. The van der Waals surface area contributed by atoms with Crippen LogP contribution in [0, 0.1) is 0 Å². The first-order valence-corrected chi connectivity index (χ1v) is 7.69. The van der Waals surface area contributed by atoms with Gasteiger partial charge in [-0.3, -0.25) is 4.55 Å². The maximum absolute atomic E-state index is 10.2. The van der Waals surface area contributed by atoms with E-state index in [0.29, 0.717) is 6.42 Å². The fourth-order valence-corrected chi connectivity index (χ4v) is 1.85. The summed E-state index contributed by atoms with van der Waals surface area (Å²) in [6.45, 7) is 2.21. The molecule has 0 rings (SSSR count).